The molecule has 1 rings (SSSR count). The van der Waals surface area contributed by atoms with Crippen molar-refractivity contribution in [3.63, 3.8) is 0 Å². The van der Waals surface area contributed by atoms with Gasteiger partial charge in [-0.15, -0.1) is 12.4 Å². The summed E-state index contributed by atoms with van der Waals surface area (Å²) in [6, 6.07) is 1.61. The van der Waals surface area contributed by atoms with Gasteiger partial charge < -0.3 is 15.2 Å². The highest BCUT2D eigenvalue weighted by Crippen LogP contribution is 2.21. The number of pyridine rings is 1. The zero-order valence-electron chi connectivity index (χ0n) is 9.84. The molecule has 0 aliphatic heterocycles. The molecule has 0 bridgehead atoms. The zero-order valence-corrected chi connectivity index (χ0v) is 10.7. The van der Waals surface area contributed by atoms with E-state index in [2.05, 4.69) is 15.0 Å². The number of nitrogens with zero attached hydrogens (tertiary/aromatic N) is 1. The van der Waals surface area contributed by atoms with Crippen LogP contribution in [0.25, 0.3) is 0 Å². The molecule has 1 aromatic rings. The summed E-state index contributed by atoms with van der Waals surface area (Å²) in [6.07, 6.45) is 3.27. The number of aromatic nitrogens is 1. The number of methoxy groups -OCH3 is 1. The van der Waals surface area contributed by atoms with Crippen molar-refractivity contribution >= 4 is 18.4 Å². The molecule has 0 unspecified atom stereocenters. The van der Waals surface area contributed by atoms with Gasteiger partial charge in [-0.25, -0.2) is 0 Å². The largest absolute Gasteiger partial charge is 0.506 e. The summed E-state index contributed by atoms with van der Waals surface area (Å²) in [5.41, 5.74) is 0.819. The molecule has 0 aromatic carbocycles. The maximum Gasteiger partial charge on any atom is 0.306 e. The standard InChI is InChI=1S/C11H16N2O3.ClH/c1-12-5-9(4-11(15)16-2)8-3-10(14)7-13-6-8;/h3,6-7,9,12,14H,4-5H2,1-2H3;1H/t9-;/m1./s1. The van der Waals surface area contributed by atoms with Crippen LogP contribution >= 0.6 is 12.4 Å². The number of halogens is 1. The van der Waals surface area contributed by atoms with E-state index in [-0.39, 0.29) is 36.5 Å². The van der Waals surface area contributed by atoms with E-state index in [1.807, 2.05) is 0 Å². The number of likely N-dealkylation sites (N-methyl/N-ethyl adjacent to an activating group) is 1. The average Bonchev–Trinajstić information content (AvgIpc) is 2.28. The Morgan fingerprint density at radius 2 is 2.29 bits per heavy atom. The summed E-state index contributed by atoms with van der Waals surface area (Å²) in [5.74, 6) is -0.218. The van der Waals surface area contributed by atoms with Crippen LogP contribution in [0.2, 0.25) is 0 Å². The smallest absolute Gasteiger partial charge is 0.306 e. The Morgan fingerprint density at radius 3 is 2.82 bits per heavy atom. The predicted octanol–water partition coefficient (Wildman–Crippen LogP) is 1.08. The number of carbonyl (C=O) groups is 1. The van der Waals surface area contributed by atoms with Gasteiger partial charge in [0.05, 0.1) is 19.7 Å². The first-order valence-corrected chi connectivity index (χ1v) is 5.02. The van der Waals surface area contributed by atoms with Crippen LogP contribution in [0.1, 0.15) is 17.9 Å². The molecule has 0 amide bonds. The quantitative estimate of drug-likeness (QED) is 0.775. The zero-order chi connectivity index (χ0) is 12.0. The van der Waals surface area contributed by atoms with Crippen LogP contribution in [0.5, 0.6) is 5.75 Å². The Kier molecular flexibility index (Phi) is 7.25. The molecule has 0 aliphatic rings. The number of aromatic hydroxyl groups is 1. The highest BCUT2D eigenvalue weighted by molar-refractivity contribution is 5.85. The molecule has 2 N–H and O–H groups in total. The van der Waals surface area contributed by atoms with Gasteiger partial charge in [0.15, 0.2) is 0 Å². The molecule has 0 radical (unpaired) electrons. The highest BCUT2D eigenvalue weighted by atomic mass is 35.5. The summed E-state index contributed by atoms with van der Waals surface area (Å²) in [6.45, 7) is 0.625. The molecule has 1 atom stereocenters. The van der Waals surface area contributed by atoms with Gasteiger partial charge in [-0.2, -0.15) is 0 Å². The summed E-state index contributed by atoms with van der Waals surface area (Å²) < 4.78 is 4.63. The van der Waals surface area contributed by atoms with E-state index < -0.39 is 0 Å². The first kappa shape index (κ1) is 15.7. The van der Waals surface area contributed by atoms with E-state index in [0.29, 0.717) is 6.54 Å². The third-order valence-electron chi connectivity index (χ3n) is 2.31. The second-order valence-electron chi connectivity index (χ2n) is 3.51. The maximum atomic E-state index is 11.2. The summed E-state index contributed by atoms with van der Waals surface area (Å²) in [5, 5.41) is 12.3. The second-order valence-corrected chi connectivity index (χ2v) is 3.51. The molecule has 0 aliphatic carbocycles. The van der Waals surface area contributed by atoms with Crippen molar-refractivity contribution in [1.82, 2.24) is 10.3 Å². The summed E-state index contributed by atoms with van der Waals surface area (Å²) in [7, 11) is 3.17. The summed E-state index contributed by atoms with van der Waals surface area (Å²) in [4.78, 5) is 15.1. The predicted molar refractivity (Wildman–Crippen MR) is 66.5 cm³/mol. The molecule has 17 heavy (non-hydrogen) atoms. The maximum absolute atomic E-state index is 11.2. The number of nitrogens with one attached hydrogen (secondary N) is 1. The fourth-order valence-corrected chi connectivity index (χ4v) is 1.51. The minimum atomic E-state index is -0.274. The van der Waals surface area contributed by atoms with Gasteiger partial charge in [-0.05, 0) is 18.7 Å². The molecular formula is C11H17ClN2O3. The number of esters is 1. The van der Waals surface area contributed by atoms with Gasteiger partial charge in [-0.3, -0.25) is 9.78 Å². The molecule has 0 spiro atoms. The number of carbonyl (C=O) groups excluding carboxylic acids is 1. The first-order valence-electron chi connectivity index (χ1n) is 5.02. The Balaban J connectivity index is 0.00000256. The minimum absolute atomic E-state index is 0. The normalized spacial score (nSPS) is 11.4. The van der Waals surface area contributed by atoms with E-state index in [9.17, 15) is 9.90 Å². The topological polar surface area (TPSA) is 71.5 Å². The Hall–Kier alpha value is -1.33. The van der Waals surface area contributed by atoms with E-state index >= 15 is 0 Å². The molecule has 96 valence electrons. The van der Waals surface area contributed by atoms with Crippen LogP contribution < -0.4 is 5.32 Å². The van der Waals surface area contributed by atoms with Crippen molar-refractivity contribution in [2.45, 2.75) is 12.3 Å². The van der Waals surface area contributed by atoms with Crippen LogP contribution in [0.3, 0.4) is 0 Å². The molecule has 1 aromatic heterocycles. The molecule has 6 heteroatoms. The highest BCUT2D eigenvalue weighted by Gasteiger charge is 2.16. The number of rotatable bonds is 5. The Morgan fingerprint density at radius 1 is 1.59 bits per heavy atom. The fourth-order valence-electron chi connectivity index (χ4n) is 1.51. The lowest BCUT2D eigenvalue weighted by molar-refractivity contribution is -0.141. The minimum Gasteiger partial charge on any atom is -0.506 e. The molecule has 1 heterocycles. The van der Waals surface area contributed by atoms with Gasteiger partial charge in [0.25, 0.3) is 0 Å². The van der Waals surface area contributed by atoms with Gasteiger partial charge in [0.1, 0.15) is 5.75 Å². The Bertz CT molecular complexity index is 360. The number of hydrogen-bond acceptors (Lipinski definition) is 5. The van der Waals surface area contributed by atoms with Gasteiger partial charge in [0.2, 0.25) is 0 Å². The molecular weight excluding hydrogens is 244 g/mol. The van der Waals surface area contributed by atoms with Gasteiger partial charge in [0, 0.05) is 18.7 Å². The number of hydrogen-bond donors (Lipinski definition) is 2. The average molecular weight is 261 g/mol. The fraction of sp³-hybridized carbons (Fsp3) is 0.455. The van der Waals surface area contributed by atoms with Crippen LogP contribution in [0.4, 0.5) is 0 Å². The third kappa shape index (κ3) is 5.01. The van der Waals surface area contributed by atoms with Crippen LogP contribution in [-0.2, 0) is 9.53 Å². The summed E-state index contributed by atoms with van der Waals surface area (Å²) >= 11 is 0. The van der Waals surface area contributed by atoms with E-state index in [4.69, 9.17) is 0 Å². The lowest BCUT2D eigenvalue weighted by Gasteiger charge is -2.15. The SMILES string of the molecule is CNC[C@@H](CC(=O)OC)c1cncc(O)c1.Cl. The van der Waals surface area contributed by atoms with Crippen LogP contribution in [0.15, 0.2) is 18.5 Å². The van der Waals surface area contributed by atoms with Gasteiger partial charge in [-0.1, -0.05) is 0 Å². The second kappa shape index (κ2) is 7.86. The monoisotopic (exact) mass is 260 g/mol. The van der Waals surface area contributed by atoms with E-state index in [1.54, 1.807) is 19.3 Å². The molecule has 0 fully saturated rings. The van der Waals surface area contributed by atoms with Crippen molar-refractivity contribution in [3.05, 3.63) is 24.0 Å². The van der Waals surface area contributed by atoms with Crippen LogP contribution in [0, 0.1) is 0 Å². The number of ether oxygens (including phenoxy) is 1. The molecule has 0 saturated carbocycles. The van der Waals surface area contributed by atoms with Crippen molar-refractivity contribution in [2.24, 2.45) is 0 Å². The van der Waals surface area contributed by atoms with Crippen molar-refractivity contribution in [1.29, 1.82) is 0 Å². The Labute approximate surface area is 107 Å². The molecule has 5 nitrogen and oxygen atoms in total. The van der Waals surface area contributed by atoms with Gasteiger partial charge >= 0.3 is 5.97 Å². The van der Waals surface area contributed by atoms with Crippen molar-refractivity contribution in [2.75, 3.05) is 20.7 Å². The van der Waals surface area contributed by atoms with Crippen LogP contribution in [-0.4, -0.2) is 36.8 Å². The first-order chi connectivity index (χ1) is 7.67. The van der Waals surface area contributed by atoms with Crippen molar-refractivity contribution in [3.8, 4) is 5.75 Å². The van der Waals surface area contributed by atoms with E-state index in [0.717, 1.165) is 5.56 Å². The van der Waals surface area contributed by atoms with E-state index in [1.165, 1.54) is 13.3 Å². The van der Waals surface area contributed by atoms with Crippen molar-refractivity contribution < 1.29 is 14.6 Å². The molecule has 0 saturated heterocycles. The third-order valence-corrected chi connectivity index (χ3v) is 2.31. The lowest BCUT2D eigenvalue weighted by atomic mass is 9.97. The lowest BCUT2D eigenvalue weighted by Crippen LogP contribution is -2.20.